The fraction of sp³-hybridized carbons (Fsp3) is 0.182. The van der Waals surface area contributed by atoms with Crippen molar-refractivity contribution in [2.45, 2.75) is 18.9 Å². The molecule has 1 aliphatic heterocycles. The molecular formula is C22H21N5O4. The van der Waals surface area contributed by atoms with E-state index in [1.807, 2.05) is 60.7 Å². The number of aliphatic carboxylic acids is 1. The van der Waals surface area contributed by atoms with Crippen molar-refractivity contribution in [1.82, 2.24) is 14.8 Å². The zero-order valence-electron chi connectivity index (χ0n) is 16.8. The largest absolute Gasteiger partial charge is 0.497 e. The van der Waals surface area contributed by atoms with Crippen LogP contribution >= 0.6 is 0 Å². The summed E-state index contributed by atoms with van der Waals surface area (Å²) in [6.07, 6.45) is 1.63. The van der Waals surface area contributed by atoms with Gasteiger partial charge in [-0.2, -0.15) is 4.98 Å². The Balaban J connectivity index is 1.66. The number of amides is 1. The molecule has 4 rings (SSSR count). The Morgan fingerprint density at radius 1 is 1.13 bits per heavy atom. The lowest BCUT2D eigenvalue weighted by Gasteiger charge is -2.24. The summed E-state index contributed by atoms with van der Waals surface area (Å²) in [7, 11) is 1.61. The summed E-state index contributed by atoms with van der Waals surface area (Å²) in [5, 5.41) is 19.0. The number of ether oxygens (including phenoxy) is 1. The lowest BCUT2D eigenvalue weighted by molar-refractivity contribution is -0.138. The number of benzene rings is 2. The highest BCUT2D eigenvalue weighted by Gasteiger charge is 2.26. The number of aromatic nitrogens is 3. The Morgan fingerprint density at radius 3 is 2.55 bits per heavy atom. The molecule has 0 saturated heterocycles. The van der Waals surface area contributed by atoms with E-state index in [0.29, 0.717) is 5.95 Å². The SMILES string of the molecule is COc1ccc(C2C=C(c3ccccc3)Nc3nc(NC(=O)CCC(=O)O)nn32)cc1. The van der Waals surface area contributed by atoms with Crippen LogP contribution in [0.15, 0.2) is 60.7 Å². The van der Waals surface area contributed by atoms with E-state index in [2.05, 4.69) is 20.7 Å². The lowest BCUT2D eigenvalue weighted by Crippen LogP contribution is -2.20. The number of carboxylic acid groups (broad SMARTS) is 1. The van der Waals surface area contributed by atoms with Gasteiger partial charge in [-0.1, -0.05) is 42.5 Å². The van der Waals surface area contributed by atoms with Crippen LogP contribution in [0.2, 0.25) is 0 Å². The third kappa shape index (κ3) is 4.55. The smallest absolute Gasteiger partial charge is 0.303 e. The number of carbonyl (C=O) groups excluding carboxylic acids is 1. The van der Waals surface area contributed by atoms with Gasteiger partial charge in [0.05, 0.1) is 13.5 Å². The maximum absolute atomic E-state index is 12.0. The maximum atomic E-state index is 12.0. The summed E-state index contributed by atoms with van der Waals surface area (Å²) in [5.74, 6) is -0.169. The van der Waals surface area contributed by atoms with Crippen LogP contribution in [0.3, 0.4) is 0 Å². The van der Waals surface area contributed by atoms with Crippen LogP contribution in [0, 0.1) is 0 Å². The first-order valence-corrected chi connectivity index (χ1v) is 9.70. The first kappa shape index (κ1) is 20.1. The second kappa shape index (κ2) is 8.70. The third-order valence-corrected chi connectivity index (χ3v) is 4.83. The zero-order chi connectivity index (χ0) is 21.8. The molecule has 1 atom stereocenters. The van der Waals surface area contributed by atoms with Crippen LogP contribution in [0.5, 0.6) is 5.75 Å². The second-order valence-electron chi connectivity index (χ2n) is 6.93. The highest BCUT2D eigenvalue weighted by Crippen LogP contribution is 2.33. The molecule has 0 radical (unpaired) electrons. The number of nitrogens with one attached hydrogen (secondary N) is 2. The molecule has 9 nitrogen and oxygen atoms in total. The maximum Gasteiger partial charge on any atom is 0.303 e. The average Bonchev–Trinajstić information content (AvgIpc) is 3.20. The Hall–Kier alpha value is -4.14. The number of allylic oxidation sites excluding steroid dienone is 1. The highest BCUT2D eigenvalue weighted by molar-refractivity contribution is 5.91. The molecule has 158 valence electrons. The van der Waals surface area contributed by atoms with Crippen LogP contribution < -0.4 is 15.4 Å². The minimum absolute atomic E-state index is 0.110. The van der Waals surface area contributed by atoms with E-state index < -0.39 is 11.9 Å². The van der Waals surface area contributed by atoms with Crippen LogP contribution in [-0.4, -0.2) is 38.9 Å². The second-order valence-corrected chi connectivity index (χ2v) is 6.93. The van der Waals surface area contributed by atoms with Gasteiger partial charge in [0, 0.05) is 12.1 Å². The number of fused-ring (bicyclic) bond motifs is 1. The van der Waals surface area contributed by atoms with Gasteiger partial charge in [-0.25, -0.2) is 4.68 Å². The quantitative estimate of drug-likeness (QED) is 0.538. The molecule has 0 aliphatic carbocycles. The van der Waals surface area contributed by atoms with E-state index in [4.69, 9.17) is 9.84 Å². The van der Waals surface area contributed by atoms with Crippen LogP contribution in [0.1, 0.15) is 30.0 Å². The number of hydrogen-bond donors (Lipinski definition) is 3. The predicted molar refractivity (Wildman–Crippen MR) is 115 cm³/mol. The molecular weight excluding hydrogens is 398 g/mol. The van der Waals surface area contributed by atoms with Crippen LogP contribution in [0.25, 0.3) is 5.70 Å². The van der Waals surface area contributed by atoms with Gasteiger partial charge in [0.2, 0.25) is 11.9 Å². The van der Waals surface area contributed by atoms with E-state index in [-0.39, 0.29) is 24.8 Å². The van der Waals surface area contributed by atoms with Crippen LogP contribution in [-0.2, 0) is 9.59 Å². The van der Waals surface area contributed by atoms with Gasteiger partial charge in [-0.15, -0.1) is 5.10 Å². The summed E-state index contributed by atoms with van der Waals surface area (Å²) in [6, 6.07) is 17.2. The van der Waals surface area contributed by atoms with E-state index in [0.717, 1.165) is 22.6 Å². The van der Waals surface area contributed by atoms with Gasteiger partial charge in [0.15, 0.2) is 0 Å². The zero-order valence-corrected chi connectivity index (χ0v) is 16.8. The summed E-state index contributed by atoms with van der Waals surface area (Å²) in [4.78, 5) is 27.1. The molecule has 3 aromatic rings. The van der Waals surface area contributed by atoms with Crippen molar-refractivity contribution in [1.29, 1.82) is 0 Å². The summed E-state index contributed by atoms with van der Waals surface area (Å²) < 4.78 is 6.93. The molecule has 1 aliphatic rings. The fourth-order valence-electron chi connectivity index (χ4n) is 3.28. The molecule has 2 aromatic carbocycles. The van der Waals surface area contributed by atoms with Crippen molar-refractivity contribution in [3.05, 3.63) is 71.8 Å². The number of rotatable bonds is 7. The standard InChI is InChI=1S/C22H21N5O4/c1-31-16-9-7-15(8-10-16)18-13-17(14-5-3-2-4-6-14)23-22-25-21(26-27(18)22)24-19(28)11-12-20(29)30/h2-10,13,18H,11-12H2,1H3,(H,29,30)(H2,23,24,25,26,28). The molecule has 0 bridgehead atoms. The number of carbonyl (C=O) groups is 2. The minimum Gasteiger partial charge on any atom is -0.497 e. The van der Waals surface area contributed by atoms with E-state index in [1.165, 1.54) is 0 Å². The number of hydrogen-bond acceptors (Lipinski definition) is 6. The van der Waals surface area contributed by atoms with Crippen molar-refractivity contribution in [2.24, 2.45) is 0 Å². The molecule has 3 N–H and O–H groups in total. The van der Waals surface area contributed by atoms with Gasteiger partial charge in [0.1, 0.15) is 11.8 Å². The molecule has 31 heavy (non-hydrogen) atoms. The molecule has 0 fully saturated rings. The van der Waals surface area contributed by atoms with Gasteiger partial charge in [-0.05, 0) is 29.3 Å². The molecule has 0 saturated carbocycles. The first-order valence-electron chi connectivity index (χ1n) is 9.70. The number of carboxylic acids is 1. The van der Waals surface area contributed by atoms with Crippen molar-refractivity contribution < 1.29 is 19.4 Å². The summed E-state index contributed by atoms with van der Waals surface area (Å²) in [5.41, 5.74) is 2.82. The van der Waals surface area contributed by atoms with Crippen molar-refractivity contribution >= 4 is 29.5 Å². The third-order valence-electron chi connectivity index (χ3n) is 4.83. The number of anilines is 2. The molecule has 2 heterocycles. The minimum atomic E-state index is -1.04. The Labute approximate surface area is 178 Å². The topological polar surface area (TPSA) is 118 Å². The van der Waals surface area contributed by atoms with E-state index in [1.54, 1.807) is 11.8 Å². The monoisotopic (exact) mass is 419 g/mol. The molecule has 9 heteroatoms. The van der Waals surface area contributed by atoms with Crippen molar-refractivity contribution in [2.75, 3.05) is 17.7 Å². The predicted octanol–water partition coefficient (Wildman–Crippen LogP) is 3.15. The van der Waals surface area contributed by atoms with Crippen LogP contribution in [0.4, 0.5) is 11.9 Å². The number of methoxy groups -OCH3 is 1. The van der Waals surface area contributed by atoms with Gasteiger partial charge in [0.25, 0.3) is 5.95 Å². The Bertz CT molecular complexity index is 1120. The van der Waals surface area contributed by atoms with Gasteiger partial charge in [-0.3, -0.25) is 14.9 Å². The highest BCUT2D eigenvalue weighted by atomic mass is 16.5. The fourth-order valence-corrected chi connectivity index (χ4v) is 3.28. The van der Waals surface area contributed by atoms with Crippen molar-refractivity contribution in [3.8, 4) is 5.75 Å². The lowest BCUT2D eigenvalue weighted by atomic mass is 10.0. The normalized spacial score (nSPS) is 14.7. The molecule has 1 unspecified atom stereocenters. The van der Waals surface area contributed by atoms with Gasteiger partial charge < -0.3 is 15.2 Å². The van der Waals surface area contributed by atoms with Crippen molar-refractivity contribution in [3.63, 3.8) is 0 Å². The van der Waals surface area contributed by atoms with E-state index >= 15 is 0 Å². The van der Waals surface area contributed by atoms with Gasteiger partial charge >= 0.3 is 5.97 Å². The Kier molecular flexibility index (Phi) is 5.65. The van der Waals surface area contributed by atoms with E-state index in [9.17, 15) is 9.59 Å². The molecule has 1 amide bonds. The molecule has 0 spiro atoms. The number of nitrogens with zero attached hydrogens (tertiary/aromatic N) is 3. The Morgan fingerprint density at radius 2 is 1.87 bits per heavy atom. The summed E-state index contributed by atoms with van der Waals surface area (Å²) >= 11 is 0. The average molecular weight is 419 g/mol. The summed E-state index contributed by atoms with van der Waals surface area (Å²) in [6.45, 7) is 0. The first-order chi connectivity index (χ1) is 15.0. The molecule has 1 aromatic heterocycles.